The third-order valence-electron chi connectivity index (χ3n) is 2.61. The van der Waals surface area contributed by atoms with Crippen LogP contribution in [0, 0.1) is 0 Å². The summed E-state index contributed by atoms with van der Waals surface area (Å²) in [6, 6.07) is 7.49. The summed E-state index contributed by atoms with van der Waals surface area (Å²) in [4.78, 5) is 4.13. The highest BCUT2D eigenvalue weighted by atomic mass is 32.2. The number of nitrogens with zero attached hydrogens (tertiary/aromatic N) is 1. The van der Waals surface area contributed by atoms with Gasteiger partial charge in [0.25, 0.3) is 0 Å². The van der Waals surface area contributed by atoms with E-state index >= 15 is 0 Å². The lowest BCUT2D eigenvalue weighted by molar-refractivity contribution is 0.604. The Hall–Kier alpha value is -1.42. The third kappa shape index (κ3) is 2.47. The highest BCUT2D eigenvalue weighted by Gasteiger charge is 2.17. The zero-order valence-corrected chi connectivity index (χ0v) is 10.6. The fourth-order valence-corrected chi connectivity index (χ4v) is 3.35. The molecule has 0 N–H and O–H groups in total. The zero-order chi connectivity index (χ0) is 12.3. The first-order valence-electron chi connectivity index (χ1n) is 5.70. The van der Waals surface area contributed by atoms with E-state index in [1.165, 1.54) is 0 Å². The van der Waals surface area contributed by atoms with Gasteiger partial charge in [-0.3, -0.25) is 0 Å². The molecule has 0 bridgehead atoms. The van der Waals surface area contributed by atoms with Gasteiger partial charge in [0.1, 0.15) is 0 Å². The molecule has 1 aromatic carbocycles. The monoisotopic (exact) mass is 249 g/mol. The zero-order valence-electron chi connectivity index (χ0n) is 9.76. The van der Waals surface area contributed by atoms with Gasteiger partial charge in [-0.1, -0.05) is 37.3 Å². The van der Waals surface area contributed by atoms with Crippen molar-refractivity contribution in [2.24, 2.45) is 4.99 Å². The average molecular weight is 249 g/mol. The second kappa shape index (κ2) is 4.84. The molecule has 0 aliphatic carbocycles. The first kappa shape index (κ1) is 12.0. The smallest absolute Gasteiger partial charge is 0.196 e. The van der Waals surface area contributed by atoms with Crippen LogP contribution in [0.25, 0.3) is 11.1 Å². The van der Waals surface area contributed by atoms with Crippen molar-refractivity contribution in [1.29, 1.82) is 0 Å². The fraction of sp³-hybridized carbons (Fsp3) is 0.308. The molecule has 0 amide bonds. The Balaban J connectivity index is 2.79. The minimum atomic E-state index is -3.27. The lowest BCUT2D eigenvalue weighted by Gasteiger charge is -2.02. The maximum Gasteiger partial charge on any atom is 0.196 e. The van der Waals surface area contributed by atoms with Gasteiger partial charge < -0.3 is 0 Å². The summed E-state index contributed by atoms with van der Waals surface area (Å²) in [5.74, 6) is 0.147. The van der Waals surface area contributed by atoms with Crippen molar-refractivity contribution in [3.63, 3.8) is 0 Å². The van der Waals surface area contributed by atoms with E-state index in [1.54, 1.807) is 6.21 Å². The SMILES string of the molecule is CCCS(=O)(=O)C1=c2ccccc2=CCC=N1. The van der Waals surface area contributed by atoms with Crippen LogP contribution in [0.2, 0.25) is 0 Å². The summed E-state index contributed by atoms with van der Waals surface area (Å²) >= 11 is 0. The molecule has 17 heavy (non-hydrogen) atoms. The molecule has 90 valence electrons. The van der Waals surface area contributed by atoms with Gasteiger partial charge in [0, 0.05) is 17.9 Å². The van der Waals surface area contributed by atoms with Crippen LogP contribution in [0.1, 0.15) is 19.8 Å². The molecule has 4 heteroatoms. The van der Waals surface area contributed by atoms with Crippen LogP contribution in [-0.4, -0.2) is 20.4 Å². The van der Waals surface area contributed by atoms with Crippen molar-refractivity contribution in [2.75, 3.05) is 5.75 Å². The molecule has 0 aromatic heterocycles. The Kier molecular flexibility index (Phi) is 3.43. The fourth-order valence-electron chi connectivity index (χ4n) is 1.87. The summed E-state index contributed by atoms with van der Waals surface area (Å²) in [6.45, 7) is 1.86. The van der Waals surface area contributed by atoms with Crippen molar-refractivity contribution >= 4 is 27.2 Å². The van der Waals surface area contributed by atoms with Crippen molar-refractivity contribution in [1.82, 2.24) is 0 Å². The highest BCUT2D eigenvalue weighted by molar-refractivity contribution is 8.00. The van der Waals surface area contributed by atoms with Crippen molar-refractivity contribution in [3.05, 3.63) is 34.7 Å². The number of fused-ring (bicyclic) bond motifs is 1. The van der Waals surface area contributed by atoms with Crippen LogP contribution in [0.3, 0.4) is 0 Å². The number of rotatable bonds is 3. The maximum absolute atomic E-state index is 12.1. The third-order valence-corrected chi connectivity index (χ3v) is 4.47. The molecule has 0 saturated carbocycles. The molecule has 1 aliphatic heterocycles. The molecule has 1 aromatic rings. The quantitative estimate of drug-likeness (QED) is 0.796. The second-order valence-corrected chi connectivity index (χ2v) is 5.99. The van der Waals surface area contributed by atoms with E-state index in [0.29, 0.717) is 12.8 Å². The normalized spacial score (nSPS) is 15.0. The lowest BCUT2D eigenvalue weighted by atomic mass is 10.2. The minimum Gasteiger partial charge on any atom is -0.248 e. The first-order chi connectivity index (χ1) is 8.15. The number of hydrogen-bond donors (Lipinski definition) is 0. The van der Waals surface area contributed by atoms with Crippen LogP contribution in [0.15, 0.2) is 29.3 Å². The maximum atomic E-state index is 12.1. The predicted molar refractivity (Wildman–Crippen MR) is 70.8 cm³/mol. The van der Waals surface area contributed by atoms with E-state index in [-0.39, 0.29) is 10.8 Å². The van der Waals surface area contributed by atoms with Crippen LogP contribution in [-0.2, 0) is 9.84 Å². The Labute approximate surface area is 101 Å². The molecular weight excluding hydrogens is 234 g/mol. The van der Waals surface area contributed by atoms with E-state index in [9.17, 15) is 8.42 Å². The summed E-state index contributed by atoms with van der Waals surface area (Å²) in [5, 5.41) is 1.87. The van der Waals surface area contributed by atoms with Gasteiger partial charge in [-0.25, -0.2) is 13.4 Å². The highest BCUT2D eigenvalue weighted by Crippen LogP contribution is 2.10. The Morgan fingerprint density at radius 1 is 1.29 bits per heavy atom. The average Bonchev–Trinajstić information content (AvgIpc) is 2.51. The van der Waals surface area contributed by atoms with Gasteiger partial charge in [0.2, 0.25) is 0 Å². The number of sulfone groups is 1. The number of aliphatic imine (C=N–C) groups is 1. The summed E-state index contributed by atoms with van der Waals surface area (Å²) in [6.07, 6.45) is 4.92. The summed E-state index contributed by atoms with van der Waals surface area (Å²) < 4.78 is 24.3. The van der Waals surface area contributed by atoms with Gasteiger partial charge >= 0.3 is 0 Å². The molecule has 1 heterocycles. The van der Waals surface area contributed by atoms with E-state index in [4.69, 9.17) is 0 Å². The predicted octanol–water partition coefficient (Wildman–Crippen LogP) is 0.832. The Morgan fingerprint density at radius 2 is 2.06 bits per heavy atom. The van der Waals surface area contributed by atoms with Gasteiger partial charge in [-0.2, -0.15) is 0 Å². The van der Waals surface area contributed by atoms with E-state index in [2.05, 4.69) is 4.99 Å². The van der Waals surface area contributed by atoms with E-state index in [1.807, 2.05) is 37.3 Å². The van der Waals surface area contributed by atoms with Crippen molar-refractivity contribution in [3.8, 4) is 0 Å². The molecule has 2 rings (SSSR count). The second-order valence-electron chi connectivity index (χ2n) is 3.96. The molecule has 0 fully saturated rings. The van der Waals surface area contributed by atoms with Crippen molar-refractivity contribution < 1.29 is 8.42 Å². The summed E-state index contributed by atoms with van der Waals surface area (Å²) in [7, 11) is -3.27. The lowest BCUT2D eigenvalue weighted by Crippen LogP contribution is -2.28. The molecule has 0 unspecified atom stereocenters. The molecule has 1 aliphatic rings. The first-order valence-corrected chi connectivity index (χ1v) is 7.35. The number of hydrogen-bond acceptors (Lipinski definition) is 3. The van der Waals surface area contributed by atoms with Gasteiger partial charge in [-0.05, 0) is 11.6 Å². The van der Waals surface area contributed by atoms with Crippen LogP contribution in [0.4, 0.5) is 0 Å². The Bertz CT molecular complexity index is 657. The number of benzene rings is 1. The Morgan fingerprint density at radius 3 is 2.82 bits per heavy atom. The van der Waals surface area contributed by atoms with E-state index in [0.717, 1.165) is 10.4 Å². The molecule has 0 radical (unpaired) electrons. The van der Waals surface area contributed by atoms with Crippen LogP contribution < -0.4 is 10.4 Å². The molecule has 0 saturated heterocycles. The van der Waals surface area contributed by atoms with E-state index < -0.39 is 9.84 Å². The van der Waals surface area contributed by atoms with Crippen LogP contribution in [0.5, 0.6) is 0 Å². The van der Waals surface area contributed by atoms with Crippen LogP contribution >= 0.6 is 0 Å². The molecule has 0 atom stereocenters. The topological polar surface area (TPSA) is 46.5 Å². The minimum absolute atomic E-state index is 0.147. The summed E-state index contributed by atoms with van der Waals surface area (Å²) in [5.41, 5.74) is 0. The molecule has 3 nitrogen and oxygen atoms in total. The molecular formula is C13H15NO2S. The van der Waals surface area contributed by atoms with Gasteiger partial charge in [-0.15, -0.1) is 0 Å². The van der Waals surface area contributed by atoms with Gasteiger partial charge in [0.15, 0.2) is 14.9 Å². The van der Waals surface area contributed by atoms with Gasteiger partial charge in [0.05, 0.1) is 5.75 Å². The largest absolute Gasteiger partial charge is 0.248 e. The molecule has 0 spiro atoms. The standard InChI is InChI=1S/C13H15NO2S/c1-2-10-17(15,16)13-12-8-4-3-6-11(12)7-5-9-14-13/h3-4,6-9H,2,5,10H2,1H3. The van der Waals surface area contributed by atoms with Crippen molar-refractivity contribution in [2.45, 2.75) is 19.8 Å².